The maximum Gasteiger partial charge on any atom is 0.167 e. The fourth-order valence-electron chi connectivity index (χ4n) is 9.44. The Morgan fingerprint density at radius 1 is 0.475 bits per heavy atom. The number of para-hydroxylation sites is 3. The molecule has 0 amide bonds. The zero-order chi connectivity index (χ0) is 38.9. The van der Waals surface area contributed by atoms with Gasteiger partial charge in [0.05, 0.1) is 16.6 Å². The molecule has 0 saturated carbocycles. The van der Waals surface area contributed by atoms with Crippen molar-refractivity contribution in [2.24, 2.45) is 0 Å². The Bertz CT molecular complexity index is 3380. The van der Waals surface area contributed by atoms with Crippen molar-refractivity contribution in [3.05, 3.63) is 205 Å². The van der Waals surface area contributed by atoms with Crippen LogP contribution in [0, 0.1) is 0 Å². The van der Waals surface area contributed by atoms with Crippen LogP contribution in [0.25, 0.3) is 94.7 Å². The van der Waals surface area contributed by atoms with Gasteiger partial charge in [0.2, 0.25) is 0 Å². The molecule has 3 heterocycles. The second kappa shape index (κ2) is 13.5. The van der Waals surface area contributed by atoms with E-state index in [1.54, 1.807) is 0 Å². The van der Waals surface area contributed by atoms with Crippen molar-refractivity contribution in [3.8, 4) is 51.0 Å². The van der Waals surface area contributed by atoms with Crippen molar-refractivity contribution in [3.63, 3.8) is 0 Å². The molecule has 1 atom stereocenters. The van der Waals surface area contributed by atoms with Crippen molar-refractivity contribution in [1.82, 2.24) is 19.5 Å². The molecule has 0 aliphatic heterocycles. The summed E-state index contributed by atoms with van der Waals surface area (Å²) in [4.78, 5) is 15.2. The van der Waals surface area contributed by atoms with Crippen LogP contribution in [-0.4, -0.2) is 19.5 Å². The van der Waals surface area contributed by atoms with Crippen molar-refractivity contribution in [2.75, 3.05) is 0 Å². The van der Waals surface area contributed by atoms with E-state index in [9.17, 15) is 0 Å². The van der Waals surface area contributed by atoms with Gasteiger partial charge in [-0.3, -0.25) is 0 Å². The van der Waals surface area contributed by atoms with Gasteiger partial charge in [0.1, 0.15) is 11.2 Å². The molecule has 0 N–H and O–H groups in total. The number of aryl methyl sites for hydroxylation is 1. The number of nitrogens with zero attached hydrogens (tertiary/aromatic N) is 4. The largest absolute Gasteiger partial charge is 0.455 e. The predicted molar refractivity (Wildman–Crippen MR) is 240 cm³/mol. The summed E-state index contributed by atoms with van der Waals surface area (Å²) in [5, 5.41) is 4.66. The summed E-state index contributed by atoms with van der Waals surface area (Å²) in [6.07, 6.45) is 2.08. The molecule has 11 aromatic rings. The zero-order valence-corrected chi connectivity index (χ0v) is 32.1. The molecule has 278 valence electrons. The minimum atomic E-state index is 0.334. The topological polar surface area (TPSA) is 56.7 Å². The van der Waals surface area contributed by atoms with Crippen LogP contribution in [0.3, 0.4) is 0 Å². The van der Waals surface area contributed by atoms with E-state index >= 15 is 0 Å². The highest BCUT2D eigenvalue weighted by atomic mass is 16.3. The zero-order valence-electron chi connectivity index (χ0n) is 32.1. The van der Waals surface area contributed by atoms with Crippen LogP contribution in [0.15, 0.2) is 192 Å². The molecule has 0 spiro atoms. The predicted octanol–water partition coefficient (Wildman–Crippen LogP) is 13.6. The molecular weight excluding hydrogens is 721 g/mol. The minimum absolute atomic E-state index is 0.334. The molecule has 3 aromatic heterocycles. The number of furan rings is 1. The number of hydrogen-bond acceptors (Lipinski definition) is 4. The van der Waals surface area contributed by atoms with Gasteiger partial charge in [-0.15, -0.1) is 0 Å². The van der Waals surface area contributed by atoms with E-state index in [2.05, 4.69) is 132 Å². The molecule has 0 bridgehead atoms. The number of benzene rings is 8. The summed E-state index contributed by atoms with van der Waals surface area (Å²) in [7, 11) is 0. The molecule has 1 aliphatic carbocycles. The van der Waals surface area contributed by atoms with Crippen LogP contribution in [0.5, 0.6) is 0 Å². The second-order valence-corrected chi connectivity index (χ2v) is 15.4. The van der Waals surface area contributed by atoms with E-state index in [-0.39, 0.29) is 0 Å². The van der Waals surface area contributed by atoms with Crippen molar-refractivity contribution in [1.29, 1.82) is 0 Å². The minimum Gasteiger partial charge on any atom is -0.455 e. The number of aromatic nitrogens is 4. The Balaban J connectivity index is 1.01. The lowest BCUT2D eigenvalue weighted by Crippen LogP contribution is -2.01. The molecule has 5 heteroatoms. The van der Waals surface area contributed by atoms with E-state index in [0.717, 1.165) is 57.2 Å². The molecule has 0 saturated heterocycles. The van der Waals surface area contributed by atoms with Crippen molar-refractivity contribution >= 4 is 43.7 Å². The Morgan fingerprint density at radius 3 is 1.95 bits per heavy atom. The van der Waals surface area contributed by atoms with Gasteiger partial charge in [-0.1, -0.05) is 140 Å². The second-order valence-electron chi connectivity index (χ2n) is 15.4. The number of rotatable bonds is 5. The van der Waals surface area contributed by atoms with Gasteiger partial charge in [-0.05, 0) is 89.2 Å². The monoisotopic (exact) mass is 756 g/mol. The van der Waals surface area contributed by atoms with E-state index in [0.29, 0.717) is 23.4 Å². The van der Waals surface area contributed by atoms with E-state index < -0.39 is 0 Å². The third-order valence-corrected chi connectivity index (χ3v) is 12.1. The smallest absolute Gasteiger partial charge is 0.167 e. The first-order valence-electron chi connectivity index (χ1n) is 20.3. The van der Waals surface area contributed by atoms with E-state index in [1.807, 2.05) is 60.7 Å². The molecule has 0 fully saturated rings. The molecular formula is C54H36N4O. The lowest BCUT2D eigenvalue weighted by molar-refractivity contribution is 0.669. The van der Waals surface area contributed by atoms with Gasteiger partial charge in [0.25, 0.3) is 0 Å². The molecule has 59 heavy (non-hydrogen) atoms. The molecule has 8 aromatic carbocycles. The van der Waals surface area contributed by atoms with Crippen molar-refractivity contribution < 1.29 is 4.42 Å². The van der Waals surface area contributed by atoms with Crippen LogP contribution in [0.4, 0.5) is 0 Å². The molecule has 1 unspecified atom stereocenters. The van der Waals surface area contributed by atoms with Gasteiger partial charge in [0.15, 0.2) is 17.5 Å². The third kappa shape index (κ3) is 5.43. The third-order valence-electron chi connectivity index (χ3n) is 12.1. The molecule has 0 radical (unpaired) electrons. The van der Waals surface area contributed by atoms with Gasteiger partial charge < -0.3 is 8.98 Å². The van der Waals surface area contributed by atoms with Crippen LogP contribution in [-0.2, 0) is 6.42 Å². The average molecular weight is 757 g/mol. The Labute approximate surface area is 340 Å². The molecule has 1 aliphatic rings. The molecule has 5 nitrogen and oxygen atoms in total. The van der Waals surface area contributed by atoms with E-state index in [1.165, 1.54) is 49.6 Å². The highest BCUT2D eigenvalue weighted by molar-refractivity contribution is 6.17. The van der Waals surface area contributed by atoms with Gasteiger partial charge in [-0.25, -0.2) is 15.0 Å². The SMILES string of the molecule is c1ccc(-c2nc(-c3ccc(-n4c5ccccc5c5c6c(ccc54)CCC(c4ccccc4)c4ccccc4-6)cc3)nc(-c3cccc4c3oc3ccccc34)n2)cc1. The first-order valence-corrected chi connectivity index (χ1v) is 20.3. The summed E-state index contributed by atoms with van der Waals surface area (Å²) in [5.74, 6) is 2.12. The lowest BCUT2D eigenvalue weighted by atomic mass is 9.85. The fraction of sp³-hybridized carbons (Fsp3) is 0.0556. The van der Waals surface area contributed by atoms with Gasteiger partial charge in [-0.2, -0.15) is 0 Å². The quantitative estimate of drug-likeness (QED) is 0.175. The summed E-state index contributed by atoms with van der Waals surface area (Å²) in [6.45, 7) is 0. The summed E-state index contributed by atoms with van der Waals surface area (Å²) in [5.41, 5.74) is 14.6. The normalized spacial score (nSPS) is 13.8. The van der Waals surface area contributed by atoms with Gasteiger partial charge in [0, 0.05) is 44.3 Å². The highest BCUT2D eigenvalue weighted by Gasteiger charge is 2.27. The van der Waals surface area contributed by atoms with Crippen LogP contribution < -0.4 is 0 Å². The van der Waals surface area contributed by atoms with Crippen LogP contribution in [0.2, 0.25) is 0 Å². The summed E-state index contributed by atoms with van der Waals surface area (Å²) in [6, 6.07) is 66.7. The highest BCUT2D eigenvalue weighted by Crippen LogP contribution is 2.47. The summed E-state index contributed by atoms with van der Waals surface area (Å²) < 4.78 is 8.85. The standard InChI is InChI=1S/C54H36N4O/c1-3-14-34(15-4-1)39-32-28-35-29-33-47-50(49(35)42-20-8-7-18-40(39)42)44-21-9-11-24-46(44)58(47)38-30-26-37(27-31-38)53-55-52(36-16-5-2-6-17-36)56-54(57-53)45-23-13-22-43-41-19-10-12-25-48(41)59-51(43)45/h1-27,29-31,33,39H,28,32H2. The number of hydrogen-bond donors (Lipinski definition) is 0. The van der Waals surface area contributed by atoms with Gasteiger partial charge >= 0.3 is 0 Å². The summed E-state index contributed by atoms with van der Waals surface area (Å²) >= 11 is 0. The van der Waals surface area contributed by atoms with Crippen molar-refractivity contribution in [2.45, 2.75) is 18.8 Å². The Kier molecular flexibility index (Phi) is 7.67. The maximum absolute atomic E-state index is 6.44. The van der Waals surface area contributed by atoms with Crippen LogP contribution >= 0.6 is 0 Å². The Hall–Kier alpha value is -7.63. The lowest BCUT2D eigenvalue weighted by Gasteiger charge is -2.18. The van der Waals surface area contributed by atoms with Crippen LogP contribution in [0.1, 0.15) is 29.0 Å². The Morgan fingerprint density at radius 2 is 1.12 bits per heavy atom. The average Bonchev–Trinajstić information content (AvgIpc) is 3.80. The first kappa shape index (κ1) is 33.5. The number of fused-ring (bicyclic) bond motifs is 10. The molecule has 12 rings (SSSR count). The maximum atomic E-state index is 6.44. The fourth-order valence-corrected chi connectivity index (χ4v) is 9.44. The first-order chi connectivity index (χ1) is 29.3. The van der Waals surface area contributed by atoms with E-state index in [4.69, 9.17) is 19.4 Å².